The Bertz CT molecular complexity index is 976. The smallest absolute Gasteiger partial charge is 0.253 e. The molecule has 1 fully saturated rings. The number of piperazine rings is 1. The second-order valence-electron chi connectivity index (χ2n) is 7.55. The van der Waals surface area contributed by atoms with Gasteiger partial charge in [0.1, 0.15) is 0 Å². The van der Waals surface area contributed by atoms with Gasteiger partial charge in [-0.2, -0.15) is 0 Å². The number of benzene rings is 2. The third-order valence-electron chi connectivity index (χ3n) is 5.54. The van der Waals surface area contributed by atoms with Gasteiger partial charge in [0.2, 0.25) is 11.8 Å². The second kappa shape index (κ2) is 8.57. The minimum absolute atomic E-state index is 0.122. The highest BCUT2D eigenvalue weighted by molar-refractivity contribution is 5.94. The molecule has 1 amide bonds. The number of carbonyl (C=O) groups is 1. The summed E-state index contributed by atoms with van der Waals surface area (Å²) >= 11 is 0. The Labute approximate surface area is 171 Å². The van der Waals surface area contributed by atoms with E-state index < -0.39 is 0 Å². The Morgan fingerprint density at radius 1 is 0.966 bits per heavy atom. The molecule has 6 nitrogen and oxygen atoms in total. The van der Waals surface area contributed by atoms with Crippen molar-refractivity contribution in [3.05, 3.63) is 71.1 Å². The van der Waals surface area contributed by atoms with Crippen molar-refractivity contribution in [3.63, 3.8) is 0 Å². The first kappa shape index (κ1) is 19.3. The predicted octanol–water partition coefficient (Wildman–Crippen LogP) is 3.35. The Balaban J connectivity index is 1.27. The molecule has 1 aliphatic rings. The van der Waals surface area contributed by atoms with Gasteiger partial charge >= 0.3 is 0 Å². The minimum Gasteiger partial charge on any atom is -0.421 e. The van der Waals surface area contributed by atoms with Crippen LogP contribution >= 0.6 is 0 Å². The van der Waals surface area contributed by atoms with Gasteiger partial charge in [0.05, 0.1) is 0 Å². The molecule has 4 rings (SSSR count). The van der Waals surface area contributed by atoms with Crippen LogP contribution in [0.3, 0.4) is 0 Å². The molecule has 150 valence electrons. The monoisotopic (exact) mass is 390 g/mol. The van der Waals surface area contributed by atoms with Crippen LogP contribution < -0.4 is 0 Å². The maximum atomic E-state index is 12.8. The number of carbonyl (C=O) groups excluding carboxylic acids is 1. The Hall–Kier alpha value is -2.99. The lowest BCUT2D eigenvalue weighted by atomic mass is 10.1. The summed E-state index contributed by atoms with van der Waals surface area (Å²) in [6.45, 7) is 8.16. The van der Waals surface area contributed by atoms with E-state index in [1.807, 2.05) is 60.4 Å². The molecule has 0 radical (unpaired) electrons. The molecule has 2 heterocycles. The molecule has 29 heavy (non-hydrogen) atoms. The average Bonchev–Trinajstić information content (AvgIpc) is 3.24. The summed E-state index contributed by atoms with van der Waals surface area (Å²) in [7, 11) is 0. The molecule has 3 aromatic rings. The van der Waals surface area contributed by atoms with Gasteiger partial charge < -0.3 is 9.32 Å². The first-order chi connectivity index (χ1) is 14.1. The van der Waals surface area contributed by atoms with Crippen molar-refractivity contribution in [2.24, 2.45) is 0 Å². The van der Waals surface area contributed by atoms with Gasteiger partial charge in [-0.25, -0.2) is 0 Å². The fraction of sp³-hybridized carbons (Fsp3) is 0.348. The zero-order valence-corrected chi connectivity index (χ0v) is 17.0. The van der Waals surface area contributed by atoms with Crippen LogP contribution in [-0.4, -0.2) is 58.6 Å². The summed E-state index contributed by atoms with van der Waals surface area (Å²) in [5.41, 5.74) is 4.08. The van der Waals surface area contributed by atoms with Crippen LogP contribution in [0.25, 0.3) is 11.5 Å². The lowest BCUT2D eigenvalue weighted by molar-refractivity contribution is 0.0636. The number of hydrogen-bond donors (Lipinski definition) is 0. The number of rotatable bonds is 5. The molecular weight excluding hydrogens is 364 g/mol. The summed E-state index contributed by atoms with van der Waals surface area (Å²) in [6, 6.07) is 15.7. The molecule has 0 N–H and O–H groups in total. The van der Waals surface area contributed by atoms with Crippen molar-refractivity contribution in [2.75, 3.05) is 32.7 Å². The molecule has 0 spiro atoms. The number of aromatic nitrogens is 2. The van der Waals surface area contributed by atoms with Crippen LogP contribution in [0.4, 0.5) is 0 Å². The van der Waals surface area contributed by atoms with E-state index in [2.05, 4.69) is 22.0 Å². The lowest BCUT2D eigenvalue weighted by Crippen LogP contribution is -2.49. The van der Waals surface area contributed by atoms with Gasteiger partial charge in [-0.05, 0) is 49.2 Å². The molecule has 6 heteroatoms. The molecule has 2 aromatic carbocycles. The first-order valence-electron chi connectivity index (χ1n) is 10.1. The van der Waals surface area contributed by atoms with E-state index >= 15 is 0 Å². The molecule has 1 aromatic heterocycles. The topological polar surface area (TPSA) is 62.5 Å². The SMILES string of the molecule is Cc1ccc(C(=O)N2CCN(CCc3nnc(-c4ccccc4)o3)CC2)cc1C. The maximum Gasteiger partial charge on any atom is 0.253 e. The van der Waals surface area contributed by atoms with Gasteiger partial charge in [-0.15, -0.1) is 10.2 Å². The molecule has 0 bridgehead atoms. The average molecular weight is 390 g/mol. The van der Waals surface area contributed by atoms with E-state index in [1.54, 1.807) is 0 Å². The lowest BCUT2D eigenvalue weighted by Gasteiger charge is -2.34. The molecule has 1 aliphatic heterocycles. The standard InChI is InChI=1S/C23H26N4O2/c1-17-8-9-20(16-18(17)2)23(28)27-14-12-26(13-15-27)11-10-21-24-25-22(29-21)19-6-4-3-5-7-19/h3-9,16H,10-15H2,1-2H3. The van der Waals surface area contributed by atoms with Gasteiger partial charge in [0, 0.05) is 50.3 Å². The first-order valence-corrected chi connectivity index (χ1v) is 10.1. The van der Waals surface area contributed by atoms with Crippen molar-refractivity contribution in [2.45, 2.75) is 20.3 Å². The van der Waals surface area contributed by atoms with Crippen molar-refractivity contribution in [1.29, 1.82) is 0 Å². The number of hydrogen-bond acceptors (Lipinski definition) is 5. The van der Waals surface area contributed by atoms with E-state index in [1.165, 1.54) is 5.56 Å². The Morgan fingerprint density at radius 2 is 1.72 bits per heavy atom. The molecule has 1 saturated heterocycles. The summed E-state index contributed by atoms with van der Waals surface area (Å²) in [6.07, 6.45) is 0.713. The van der Waals surface area contributed by atoms with Crippen molar-refractivity contribution in [3.8, 4) is 11.5 Å². The highest BCUT2D eigenvalue weighted by atomic mass is 16.4. The second-order valence-corrected chi connectivity index (χ2v) is 7.55. The fourth-order valence-electron chi connectivity index (χ4n) is 3.54. The normalized spacial score (nSPS) is 14.9. The summed E-state index contributed by atoms with van der Waals surface area (Å²) in [5, 5.41) is 8.31. The van der Waals surface area contributed by atoms with Crippen molar-refractivity contribution >= 4 is 5.91 Å². The van der Waals surface area contributed by atoms with Gasteiger partial charge in [0.25, 0.3) is 5.91 Å². The maximum absolute atomic E-state index is 12.8. The van der Waals surface area contributed by atoms with Gasteiger partial charge in [-0.1, -0.05) is 24.3 Å². The zero-order valence-electron chi connectivity index (χ0n) is 17.0. The molecular formula is C23H26N4O2. The quantitative estimate of drug-likeness (QED) is 0.669. The largest absolute Gasteiger partial charge is 0.421 e. The van der Waals surface area contributed by atoms with E-state index in [9.17, 15) is 4.79 Å². The number of aryl methyl sites for hydroxylation is 2. The van der Waals surface area contributed by atoms with Crippen LogP contribution in [0.1, 0.15) is 27.4 Å². The van der Waals surface area contributed by atoms with E-state index in [-0.39, 0.29) is 5.91 Å². The Morgan fingerprint density at radius 3 is 2.45 bits per heavy atom. The van der Waals surface area contributed by atoms with Crippen LogP contribution in [-0.2, 0) is 6.42 Å². The van der Waals surface area contributed by atoms with Gasteiger partial charge in [-0.3, -0.25) is 9.69 Å². The summed E-state index contributed by atoms with van der Waals surface area (Å²) in [4.78, 5) is 17.0. The fourth-order valence-corrected chi connectivity index (χ4v) is 3.54. The van der Waals surface area contributed by atoms with Crippen LogP contribution in [0, 0.1) is 13.8 Å². The number of nitrogens with zero attached hydrogens (tertiary/aromatic N) is 4. The van der Waals surface area contributed by atoms with Crippen molar-refractivity contribution in [1.82, 2.24) is 20.0 Å². The predicted molar refractivity (Wildman–Crippen MR) is 112 cm³/mol. The third-order valence-corrected chi connectivity index (χ3v) is 5.54. The van der Waals surface area contributed by atoms with Crippen LogP contribution in [0.2, 0.25) is 0 Å². The third kappa shape index (κ3) is 4.54. The molecule has 0 unspecified atom stereocenters. The summed E-state index contributed by atoms with van der Waals surface area (Å²) < 4.78 is 5.79. The van der Waals surface area contributed by atoms with Crippen LogP contribution in [0.15, 0.2) is 52.9 Å². The van der Waals surface area contributed by atoms with E-state index in [4.69, 9.17) is 4.42 Å². The van der Waals surface area contributed by atoms with Gasteiger partial charge in [0.15, 0.2) is 0 Å². The highest BCUT2D eigenvalue weighted by Crippen LogP contribution is 2.18. The van der Waals surface area contributed by atoms with Crippen molar-refractivity contribution < 1.29 is 9.21 Å². The Kier molecular flexibility index (Phi) is 5.71. The number of amides is 1. The zero-order chi connectivity index (χ0) is 20.2. The molecule has 0 aliphatic carbocycles. The molecule has 0 atom stereocenters. The van der Waals surface area contributed by atoms with E-state index in [0.717, 1.165) is 49.4 Å². The minimum atomic E-state index is 0.122. The molecule has 0 saturated carbocycles. The highest BCUT2D eigenvalue weighted by Gasteiger charge is 2.22. The summed E-state index contributed by atoms with van der Waals surface area (Å²) in [5.74, 6) is 1.33. The van der Waals surface area contributed by atoms with E-state index in [0.29, 0.717) is 18.2 Å². The van der Waals surface area contributed by atoms with Crippen LogP contribution in [0.5, 0.6) is 0 Å².